The Morgan fingerprint density at radius 3 is 2.60 bits per heavy atom. The number of imide groups is 1. The van der Waals surface area contributed by atoms with Gasteiger partial charge in [0, 0.05) is 30.6 Å². The van der Waals surface area contributed by atoms with E-state index < -0.39 is 11.9 Å². The molecule has 184 valence electrons. The summed E-state index contributed by atoms with van der Waals surface area (Å²) in [5.74, 6) is -0.517. The van der Waals surface area contributed by atoms with Gasteiger partial charge in [-0.05, 0) is 74.0 Å². The van der Waals surface area contributed by atoms with E-state index in [1.54, 1.807) is 7.11 Å². The number of carbonyl (C=O) groups is 3. The van der Waals surface area contributed by atoms with E-state index in [4.69, 9.17) is 4.74 Å². The second kappa shape index (κ2) is 9.41. The number of amides is 3. The fourth-order valence-corrected chi connectivity index (χ4v) is 5.62. The second-order valence-electron chi connectivity index (χ2n) is 9.74. The summed E-state index contributed by atoms with van der Waals surface area (Å²) >= 11 is 0. The molecule has 0 aliphatic carbocycles. The molecule has 0 saturated carbocycles. The van der Waals surface area contributed by atoms with Gasteiger partial charge in [0.15, 0.2) is 0 Å². The Morgan fingerprint density at radius 2 is 1.89 bits per heavy atom. The highest BCUT2D eigenvalue weighted by Crippen LogP contribution is 2.36. The number of rotatable bonds is 5. The zero-order valence-electron chi connectivity index (χ0n) is 20.1. The Morgan fingerprint density at radius 1 is 1.11 bits per heavy atom. The van der Waals surface area contributed by atoms with Gasteiger partial charge in [0.1, 0.15) is 17.6 Å². The lowest BCUT2D eigenvalue weighted by atomic mass is 9.87. The van der Waals surface area contributed by atoms with Crippen LogP contribution in [0.3, 0.4) is 0 Å². The van der Waals surface area contributed by atoms with Gasteiger partial charge in [-0.1, -0.05) is 18.2 Å². The molecule has 1 atom stereocenters. The molecule has 1 N–H and O–H groups in total. The minimum absolute atomic E-state index is 0.0788. The zero-order chi connectivity index (χ0) is 24.7. The highest BCUT2D eigenvalue weighted by atomic mass is 19.1. The van der Waals surface area contributed by atoms with Crippen molar-refractivity contribution in [3.63, 3.8) is 0 Å². The second-order valence-corrected chi connectivity index (χ2v) is 9.74. The highest BCUT2D eigenvalue weighted by molar-refractivity contribution is 6.05. The molecule has 2 saturated heterocycles. The van der Waals surface area contributed by atoms with E-state index >= 15 is 4.39 Å². The van der Waals surface area contributed by atoms with E-state index in [0.29, 0.717) is 17.5 Å². The van der Waals surface area contributed by atoms with Crippen LogP contribution in [0.5, 0.6) is 5.75 Å². The number of nitrogens with one attached hydrogen (secondary N) is 1. The third-order valence-electron chi connectivity index (χ3n) is 7.64. The first-order valence-corrected chi connectivity index (χ1v) is 12.2. The molecule has 2 aromatic carbocycles. The van der Waals surface area contributed by atoms with Gasteiger partial charge in [-0.2, -0.15) is 0 Å². The van der Waals surface area contributed by atoms with Crippen LogP contribution in [0.1, 0.15) is 64.2 Å². The van der Waals surface area contributed by atoms with E-state index in [1.165, 1.54) is 22.1 Å². The monoisotopic (exact) mass is 479 g/mol. The number of benzene rings is 2. The summed E-state index contributed by atoms with van der Waals surface area (Å²) in [6.45, 7) is 4.84. The summed E-state index contributed by atoms with van der Waals surface area (Å²) in [6, 6.07) is 8.52. The molecule has 2 fully saturated rings. The molecule has 0 aromatic heterocycles. The molecular weight excluding hydrogens is 449 g/mol. The number of hydrogen-bond donors (Lipinski definition) is 1. The maximum Gasteiger partial charge on any atom is 0.255 e. The first-order chi connectivity index (χ1) is 16.9. The maximum absolute atomic E-state index is 15.2. The predicted molar refractivity (Wildman–Crippen MR) is 127 cm³/mol. The van der Waals surface area contributed by atoms with E-state index in [2.05, 4.69) is 23.2 Å². The van der Waals surface area contributed by atoms with Crippen LogP contribution in [-0.2, 0) is 22.7 Å². The zero-order valence-corrected chi connectivity index (χ0v) is 20.1. The fourth-order valence-electron chi connectivity index (χ4n) is 5.62. The number of nitrogens with zero attached hydrogens (tertiary/aromatic N) is 2. The quantitative estimate of drug-likeness (QED) is 0.666. The summed E-state index contributed by atoms with van der Waals surface area (Å²) in [6.07, 6.45) is 2.15. The number of halogens is 1. The Balaban J connectivity index is 1.27. The van der Waals surface area contributed by atoms with Crippen molar-refractivity contribution in [2.75, 3.05) is 20.2 Å². The number of fused-ring (bicyclic) bond motifs is 1. The molecule has 7 nitrogen and oxygen atoms in total. The van der Waals surface area contributed by atoms with Gasteiger partial charge in [0.05, 0.1) is 7.11 Å². The van der Waals surface area contributed by atoms with Crippen LogP contribution < -0.4 is 10.1 Å². The summed E-state index contributed by atoms with van der Waals surface area (Å²) < 4.78 is 20.7. The molecule has 3 aliphatic heterocycles. The standard InChI is InChI=1S/C27H30FN3O4/c1-16-4-3-5-24(35-2)21(16)15-30-10-8-17(9-11-30)19-12-18-14-31(27(34)20(18)13-22(19)28)23-6-7-25(32)29-26(23)33/h3-5,12-13,17,23H,6-11,14-15H2,1-2H3,(H,29,32,33). The van der Waals surface area contributed by atoms with Crippen LogP contribution in [0.25, 0.3) is 0 Å². The van der Waals surface area contributed by atoms with Gasteiger partial charge in [-0.25, -0.2) is 4.39 Å². The normalized spacial score (nSPS) is 21.3. The van der Waals surface area contributed by atoms with Gasteiger partial charge >= 0.3 is 0 Å². The van der Waals surface area contributed by atoms with Crippen molar-refractivity contribution in [1.82, 2.24) is 15.1 Å². The van der Waals surface area contributed by atoms with Crippen molar-refractivity contribution in [3.8, 4) is 5.75 Å². The highest BCUT2D eigenvalue weighted by Gasteiger charge is 2.40. The van der Waals surface area contributed by atoms with Gasteiger partial charge < -0.3 is 9.64 Å². The van der Waals surface area contributed by atoms with Gasteiger partial charge in [-0.3, -0.25) is 24.6 Å². The molecule has 0 spiro atoms. The minimum atomic E-state index is -0.694. The van der Waals surface area contributed by atoms with Crippen molar-refractivity contribution < 1.29 is 23.5 Å². The third-order valence-corrected chi connectivity index (χ3v) is 7.64. The van der Waals surface area contributed by atoms with E-state index in [1.807, 2.05) is 18.2 Å². The van der Waals surface area contributed by atoms with Crippen LogP contribution in [0.4, 0.5) is 4.39 Å². The summed E-state index contributed by atoms with van der Waals surface area (Å²) in [5.41, 5.74) is 4.10. The van der Waals surface area contributed by atoms with E-state index in [-0.39, 0.29) is 36.5 Å². The molecule has 0 radical (unpaired) electrons. The molecule has 1 unspecified atom stereocenters. The number of carbonyl (C=O) groups excluding carboxylic acids is 3. The Bertz CT molecular complexity index is 1190. The number of aryl methyl sites for hydroxylation is 1. The number of likely N-dealkylation sites (tertiary alicyclic amines) is 1. The molecule has 3 heterocycles. The first-order valence-electron chi connectivity index (χ1n) is 12.2. The molecule has 8 heteroatoms. The van der Waals surface area contributed by atoms with Crippen LogP contribution in [0.15, 0.2) is 30.3 Å². The van der Waals surface area contributed by atoms with Crippen LogP contribution in [0.2, 0.25) is 0 Å². The molecular formula is C27H30FN3O4. The van der Waals surface area contributed by atoms with Crippen LogP contribution in [-0.4, -0.2) is 53.8 Å². The lowest BCUT2D eigenvalue weighted by Crippen LogP contribution is -2.52. The number of methoxy groups -OCH3 is 1. The molecule has 3 aliphatic rings. The number of hydrogen-bond acceptors (Lipinski definition) is 5. The minimum Gasteiger partial charge on any atom is -0.496 e. The predicted octanol–water partition coefficient (Wildman–Crippen LogP) is 3.28. The Labute approximate surface area is 204 Å². The first kappa shape index (κ1) is 23.5. The Kier molecular flexibility index (Phi) is 6.32. The third kappa shape index (κ3) is 4.43. The largest absolute Gasteiger partial charge is 0.496 e. The topological polar surface area (TPSA) is 79.0 Å². The maximum atomic E-state index is 15.2. The fraction of sp³-hybridized carbons (Fsp3) is 0.444. The molecule has 0 bridgehead atoms. The number of ether oxygens (including phenoxy) is 1. The van der Waals surface area contributed by atoms with E-state index in [9.17, 15) is 14.4 Å². The van der Waals surface area contributed by atoms with Crippen LogP contribution >= 0.6 is 0 Å². The average molecular weight is 480 g/mol. The van der Waals surface area contributed by atoms with Crippen molar-refractivity contribution in [3.05, 3.63) is 64.0 Å². The van der Waals surface area contributed by atoms with Gasteiger partial charge in [0.2, 0.25) is 11.8 Å². The summed E-state index contributed by atoms with van der Waals surface area (Å²) in [7, 11) is 1.69. The van der Waals surface area contributed by atoms with Crippen molar-refractivity contribution in [1.29, 1.82) is 0 Å². The lowest BCUT2D eigenvalue weighted by molar-refractivity contribution is -0.136. The van der Waals surface area contributed by atoms with Crippen molar-refractivity contribution >= 4 is 17.7 Å². The molecule has 3 amide bonds. The van der Waals surface area contributed by atoms with Crippen LogP contribution in [0, 0.1) is 12.7 Å². The van der Waals surface area contributed by atoms with Crippen molar-refractivity contribution in [2.24, 2.45) is 0 Å². The Hall–Kier alpha value is -3.26. The summed E-state index contributed by atoms with van der Waals surface area (Å²) in [4.78, 5) is 40.5. The molecule has 2 aromatic rings. The van der Waals surface area contributed by atoms with Crippen molar-refractivity contribution in [2.45, 2.75) is 57.7 Å². The van der Waals surface area contributed by atoms with Gasteiger partial charge in [-0.15, -0.1) is 0 Å². The molecule has 35 heavy (non-hydrogen) atoms. The molecule has 5 rings (SSSR count). The lowest BCUT2D eigenvalue weighted by Gasteiger charge is -2.33. The average Bonchev–Trinajstić information content (AvgIpc) is 3.15. The summed E-state index contributed by atoms with van der Waals surface area (Å²) in [5, 5.41) is 2.30. The number of piperidine rings is 2. The van der Waals surface area contributed by atoms with Gasteiger partial charge in [0.25, 0.3) is 5.91 Å². The van der Waals surface area contributed by atoms with E-state index in [0.717, 1.165) is 43.8 Å². The smallest absolute Gasteiger partial charge is 0.255 e. The SMILES string of the molecule is COc1cccc(C)c1CN1CCC(c2cc3c(cc2F)C(=O)N(C2CCC(=O)NC2=O)C3)CC1.